The van der Waals surface area contributed by atoms with E-state index in [1.54, 1.807) is 18.2 Å². The molecular weight excluding hydrogens is 253 g/mol. The Labute approximate surface area is 90.2 Å². The summed E-state index contributed by atoms with van der Waals surface area (Å²) in [6.45, 7) is 1.50. The van der Waals surface area contributed by atoms with Crippen LogP contribution in [0.4, 0.5) is 5.69 Å². The number of rotatable bonds is 2. The van der Waals surface area contributed by atoms with Crippen molar-refractivity contribution in [3.63, 3.8) is 0 Å². The zero-order chi connectivity index (χ0) is 10.0. The van der Waals surface area contributed by atoms with E-state index in [4.69, 9.17) is 17.3 Å². The fourth-order valence-electron chi connectivity index (χ4n) is 0.994. The Morgan fingerprint density at radius 3 is 2.77 bits per heavy atom. The molecule has 70 valence electrons. The highest BCUT2D eigenvalue weighted by Crippen LogP contribution is 2.32. The molecule has 0 aliphatic carbocycles. The normalized spacial score (nSPS) is 12.5. The third-order valence-electron chi connectivity index (χ3n) is 1.72. The second-order valence-electron chi connectivity index (χ2n) is 2.72. The van der Waals surface area contributed by atoms with Gasteiger partial charge in [-0.1, -0.05) is 39.7 Å². The lowest BCUT2D eigenvalue weighted by atomic mass is 10.1. The zero-order valence-corrected chi connectivity index (χ0v) is 9.39. The molecule has 1 unspecified atom stereocenters. The molecule has 0 aromatic heterocycles. The molecule has 0 heterocycles. The van der Waals surface area contributed by atoms with Gasteiger partial charge in [0.05, 0.1) is 15.5 Å². The van der Waals surface area contributed by atoms with Gasteiger partial charge in [-0.3, -0.25) is 4.79 Å². The van der Waals surface area contributed by atoms with Crippen molar-refractivity contribution in [2.75, 3.05) is 5.73 Å². The number of hydrogen-bond acceptors (Lipinski definition) is 2. The number of ketones is 1. The van der Waals surface area contributed by atoms with Crippen LogP contribution >= 0.6 is 27.5 Å². The molecule has 2 nitrogen and oxygen atoms in total. The summed E-state index contributed by atoms with van der Waals surface area (Å²) in [6.07, 6.45) is 0. The highest BCUT2D eigenvalue weighted by atomic mass is 79.9. The molecule has 0 saturated carbocycles. The van der Waals surface area contributed by atoms with Gasteiger partial charge in [0, 0.05) is 0 Å². The number of halogens is 2. The zero-order valence-electron chi connectivity index (χ0n) is 7.05. The number of benzene rings is 1. The topological polar surface area (TPSA) is 43.1 Å². The third-order valence-corrected chi connectivity index (χ3v) is 3.18. The first-order chi connectivity index (χ1) is 6.04. The Morgan fingerprint density at radius 1 is 1.62 bits per heavy atom. The van der Waals surface area contributed by atoms with Crippen LogP contribution in [0, 0.1) is 0 Å². The molecule has 0 aliphatic rings. The summed E-state index contributed by atoms with van der Waals surface area (Å²) in [4.78, 5) is 10.7. The van der Waals surface area contributed by atoms with E-state index in [9.17, 15) is 4.79 Å². The van der Waals surface area contributed by atoms with Gasteiger partial charge in [0.1, 0.15) is 5.78 Å². The third kappa shape index (κ3) is 2.23. The van der Waals surface area contributed by atoms with Crippen LogP contribution in [0.1, 0.15) is 17.3 Å². The lowest BCUT2D eigenvalue weighted by Crippen LogP contribution is -2.04. The molecule has 13 heavy (non-hydrogen) atoms. The molecule has 1 aromatic rings. The standard InChI is InChI=1S/C9H9BrClNO/c1-5(13)8(10)6-3-2-4-7(11)9(6)12/h2-4,8H,12H2,1H3. The Hall–Kier alpha value is -0.540. The first-order valence-electron chi connectivity index (χ1n) is 3.72. The van der Waals surface area contributed by atoms with E-state index in [1.807, 2.05) is 0 Å². The summed E-state index contributed by atoms with van der Waals surface area (Å²) in [5.41, 5.74) is 6.89. The molecule has 0 radical (unpaired) electrons. The van der Waals surface area contributed by atoms with Crippen LogP contribution in [0.2, 0.25) is 5.02 Å². The van der Waals surface area contributed by atoms with Crippen LogP contribution < -0.4 is 5.73 Å². The minimum atomic E-state index is -0.369. The maximum Gasteiger partial charge on any atom is 0.147 e. The Kier molecular flexibility index (Phi) is 3.33. The molecular formula is C9H9BrClNO. The quantitative estimate of drug-likeness (QED) is 0.658. The number of nitrogen functional groups attached to an aromatic ring is 1. The monoisotopic (exact) mass is 261 g/mol. The van der Waals surface area contributed by atoms with Gasteiger partial charge in [-0.2, -0.15) is 0 Å². The lowest BCUT2D eigenvalue weighted by molar-refractivity contribution is -0.116. The summed E-state index contributed by atoms with van der Waals surface area (Å²) < 4.78 is 0. The van der Waals surface area contributed by atoms with Crippen molar-refractivity contribution >= 4 is 39.0 Å². The number of carbonyl (C=O) groups excluding carboxylic acids is 1. The average Bonchev–Trinajstić information content (AvgIpc) is 2.08. The Bertz CT molecular complexity index is 340. The maximum absolute atomic E-state index is 11.1. The number of Topliss-reactive ketones (excluding diaryl/α,β-unsaturated/α-hetero) is 1. The first-order valence-corrected chi connectivity index (χ1v) is 5.02. The molecule has 0 spiro atoms. The van der Waals surface area contributed by atoms with Gasteiger partial charge in [-0.05, 0) is 18.6 Å². The van der Waals surface area contributed by atoms with Crippen molar-refractivity contribution in [1.82, 2.24) is 0 Å². The van der Waals surface area contributed by atoms with Crippen LogP contribution in [0.5, 0.6) is 0 Å². The van der Waals surface area contributed by atoms with Crippen LogP contribution in [0.15, 0.2) is 18.2 Å². The summed E-state index contributed by atoms with van der Waals surface area (Å²) >= 11 is 9.05. The van der Waals surface area contributed by atoms with Gasteiger partial charge < -0.3 is 5.73 Å². The number of hydrogen-bond donors (Lipinski definition) is 1. The molecule has 0 fully saturated rings. The predicted octanol–water partition coefficient (Wildman–Crippen LogP) is 2.95. The summed E-state index contributed by atoms with van der Waals surface area (Å²) in [5.74, 6) is 0.00830. The van der Waals surface area contributed by atoms with E-state index in [-0.39, 0.29) is 10.6 Å². The summed E-state index contributed by atoms with van der Waals surface area (Å²) in [6, 6.07) is 5.24. The second-order valence-corrected chi connectivity index (χ2v) is 4.04. The van der Waals surface area contributed by atoms with E-state index in [2.05, 4.69) is 15.9 Å². The Morgan fingerprint density at radius 2 is 2.23 bits per heavy atom. The van der Waals surface area contributed by atoms with Gasteiger partial charge in [0.2, 0.25) is 0 Å². The maximum atomic E-state index is 11.1. The fourth-order valence-corrected chi connectivity index (χ4v) is 1.57. The van der Waals surface area contributed by atoms with Crippen LogP contribution in [0.25, 0.3) is 0 Å². The van der Waals surface area contributed by atoms with Crippen LogP contribution in [-0.2, 0) is 4.79 Å². The van der Waals surface area contributed by atoms with Gasteiger partial charge in [0.25, 0.3) is 0 Å². The van der Waals surface area contributed by atoms with Gasteiger partial charge in [-0.15, -0.1) is 0 Å². The highest BCUT2D eigenvalue weighted by molar-refractivity contribution is 9.09. The smallest absolute Gasteiger partial charge is 0.147 e. The molecule has 4 heteroatoms. The van der Waals surface area contributed by atoms with Crippen molar-refractivity contribution < 1.29 is 4.79 Å². The van der Waals surface area contributed by atoms with Crippen molar-refractivity contribution in [3.05, 3.63) is 28.8 Å². The van der Waals surface area contributed by atoms with E-state index >= 15 is 0 Å². The molecule has 2 N–H and O–H groups in total. The Balaban J connectivity index is 3.15. The molecule has 1 rings (SSSR count). The predicted molar refractivity (Wildman–Crippen MR) is 58.2 cm³/mol. The van der Waals surface area contributed by atoms with Gasteiger partial charge in [0.15, 0.2) is 0 Å². The molecule has 0 aliphatic heterocycles. The average molecular weight is 263 g/mol. The van der Waals surface area contributed by atoms with Crippen LogP contribution in [-0.4, -0.2) is 5.78 Å². The number of carbonyl (C=O) groups is 1. The molecule has 0 bridgehead atoms. The van der Waals surface area contributed by atoms with Crippen molar-refractivity contribution in [2.45, 2.75) is 11.8 Å². The molecule has 1 aromatic carbocycles. The minimum Gasteiger partial charge on any atom is -0.397 e. The number of para-hydroxylation sites is 1. The largest absolute Gasteiger partial charge is 0.397 e. The van der Waals surface area contributed by atoms with Crippen molar-refractivity contribution in [2.24, 2.45) is 0 Å². The highest BCUT2D eigenvalue weighted by Gasteiger charge is 2.16. The summed E-state index contributed by atoms with van der Waals surface area (Å²) in [7, 11) is 0. The number of anilines is 1. The second kappa shape index (κ2) is 4.11. The van der Waals surface area contributed by atoms with Crippen molar-refractivity contribution in [3.8, 4) is 0 Å². The van der Waals surface area contributed by atoms with Gasteiger partial charge >= 0.3 is 0 Å². The van der Waals surface area contributed by atoms with Crippen LogP contribution in [0.3, 0.4) is 0 Å². The van der Waals surface area contributed by atoms with E-state index in [0.717, 1.165) is 5.56 Å². The van der Waals surface area contributed by atoms with Crippen molar-refractivity contribution in [1.29, 1.82) is 0 Å². The van der Waals surface area contributed by atoms with Gasteiger partial charge in [-0.25, -0.2) is 0 Å². The lowest BCUT2D eigenvalue weighted by Gasteiger charge is -2.10. The van der Waals surface area contributed by atoms with E-state index in [1.165, 1.54) is 6.92 Å². The minimum absolute atomic E-state index is 0.00830. The number of nitrogens with two attached hydrogens (primary N) is 1. The SMILES string of the molecule is CC(=O)C(Br)c1cccc(Cl)c1N. The first kappa shape index (κ1) is 10.5. The van der Waals surface area contributed by atoms with E-state index in [0.29, 0.717) is 10.7 Å². The summed E-state index contributed by atoms with van der Waals surface area (Å²) in [5, 5.41) is 0.475. The molecule has 0 amide bonds. The molecule has 0 saturated heterocycles. The number of alkyl halides is 1. The fraction of sp³-hybridized carbons (Fsp3) is 0.222. The molecule has 1 atom stereocenters. The van der Waals surface area contributed by atoms with E-state index < -0.39 is 0 Å².